The maximum absolute atomic E-state index is 12.3. The third kappa shape index (κ3) is 4.04. The van der Waals surface area contributed by atoms with E-state index < -0.39 is 15.6 Å². The minimum absolute atomic E-state index is 0.0366. The second kappa shape index (κ2) is 6.24. The molecule has 0 amide bonds. The van der Waals surface area contributed by atoms with Crippen LogP contribution < -0.4 is 4.72 Å². The van der Waals surface area contributed by atoms with E-state index in [1.54, 1.807) is 12.1 Å². The van der Waals surface area contributed by atoms with Crippen molar-refractivity contribution in [3.8, 4) is 0 Å². The zero-order chi connectivity index (χ0) is 14.6. The van der Waals surface area contributed by atoms with Gasteiger partial charge in [-0.25, -0.2) is 13.1 Å². The minimum Gasteiger partial charge on any atom is -0.394 e. The van der Waals surface area contributed by atoms with Crippen molar-refractivity contribution in [2.45, 2.75) is 43.9 Å². The van der Waals surface area contributed by atoms with Crippen LogP contribution in [0.3, 0.4) is 0 Å². The van der Waals surface area contributed by atoms with Crippen LogP contribution in [0.2, 0.25) is 0 Å². The quantitative estimate of drug-likeness (QED) is 0.874. The number of aliphatic hydroxyl groups excluding tert-OH is 1. The number of nitrogens with one attached hydrogen (secondary N) is 1. The molecule has 1 aliphatic rings. The Morgan fingerprint density at radius 3 is 2.40 bits per heavy atom. The summed E-state index contributed by atoms with van der Waals surface area (Å²) in [6.07, 6.45) is 3.32. The summed E-state index contributed by atoms with van der Waals surface area (Å²) in [6, 6.07) is 9.12. The summed E-state index contributed by atoms with van der Waals surface area (Å²) < 4.78 is 27.3. The Hall–Kier alpha value is -0.910. The average Bonchev–Trinajstić information content (AvgIpc) is 2.42. The van der Waals surface area contributed by atoms with Crippen molar-refractivity contribution in [3.05, 3.63) is 35.9 Å². The van der Waals surface area contributed by atoms with Crippen molar-refractivity contribution in [2.24, 2.45) is 5.92 Å². The Balaban J connectivity index is 2.06. The second-order valence-corrected chi connectivity index (χ2v) is 7.69. The molecule has 1 aromatic carbocycles. The molecule has 112 valence electrons. The number of rotatable bonds is 5. The Morgan fingerprint density at radius 2 is 1.85 bits per heavy atom. The predicted molar refractivity (Wildman–Crippen MR) is 79.7 cm³/mol. The molecule has 0 aromatic heterocycles. The summed E-state index contributed by atoms with van der Waals surface area (Å²) in [5, 5.41) is 9.63. The van der Waals surface area contributed by atoms with Crippen LogP contribution in [-0.2, 0) is 15.8 Å². The summed E-state index contributed by atoms with van der Waals surface area (Å²) in [6.45, 7) is 2.04. The van der Waals surface area contributed by atoms with Crippen LogP contribution >= 0.6 is 0 Å². The third-order valence-electron chi connectivity index (χ3n) is 4.11. The summed E-state index contributed by atoms with van der Waals surface area (Å²) >= 11 is 0. The Kier molecular flexibility index (Phi) is 4.83. The Morgan fingerprint density at radius 1 is 1.25 bits per heavy atom. The molecular formula is C15H23NO3S. The van der Waals surface area contributed by atoms with E-state index in [-0.39, 0.29) is 12.4 Å². The number of benzene rings is 1. The van der Waals surface area contributed by atoms with Gasteiger partial charge in [0.2, 0.25) is 10.0 Å². The molecule has 1 aliphatic carbocycles. The van der Waals surface area contributed by atoms with Crippen molar-refractivity contribution in [3.63, 3.8) is 0 Å². The largest absolute Gasteiger partial charge is 0.394 e. The Bertz CT molecular complexity index is 519. The van der Waals surface area contributed by atoms with E-state index in [1.807, 2.05) is 18.2 Å². The van der Waals surface area contributed by atoms with Crippen LogP contribution in [0.25, 0.3) is 0 Å². The first kappa shape index (κ1) is 15.5. The van der Waals surface area contributed by atoms with Gasteiger partial charge in [0.05, 0.1) is 17.9 Å². The topological polar surface area (TPSA) is 66.4 Å². The molecule has 4 nitrogen and oxygen atoms in total. The van der Waals surface area contributed by atoms with Crippen LogP contribution in [0.15, 0.2) is 30.3 Å². The monoisotopic (exact) mass is 297 g/mol. The fraction of sp³-hybridized carbons (Fsp3) is 0.600. The van der Waals surface area contributed by atoms with E-state index in [1.165, 1.54) is 0 Å². The highest BCUT2D eigenvalue weighted by atomic mass is 32.2. The van der Waals surface area contributed by atoms with E-state index in [4.69, 9.17) is 0 Å². The van der Waals surface area contributed by atoms with Gasteiger partial charge < -0.3 is 5.11 Å². The van der Waals surface area contributed by atoms with Crippen molar-refractivity contribution in [1.29, 1.82) is 0 Å². The zero-order valence-electron chi connectivity index (χ0n) is 11.9. The fourth-order valence-corrected chi connectivity index (χ4v) is 4.40. The van der Waals surface area contributed by atoms with Gasteiger partial charge in [-0.15, -0.1) is 0 Å². The lowest BCUT2D eigenvalue weighted by atomic mass is 9.78. The molecule has 1 fully saturated rings. The minimum atomic E-state index is -3.43. The van der Waals surface area contributed by atoms with Gasteiger partial charge in [-0.05, 0) is 37.2 Å². The van der Waals surface area contributed by atoms with E-state index >= 15 is 0 Å². The normalized spacial score (nSPS) is 27.4. The van der Waals surface area contributed by atoms with Gasteiger partial charge in [0.25, 0.3) is 0 Å². The third-order valence-corrected chi connectivity index (χ3v) is 5.56. The molecule has 0 radical (unpaired) electrons. The molecule has 0 aliphatic heterocycles. The predicted octanol–water partition coefficient (Wildman–Crippen LogP) is 2.05. The highest BCUT2D eigenvalue weighted by Gasteiger charge is 2.37. The SMILES string of the molecule is CC1CCC(CO)(NS(=O)(=O)Cc2ccccc2)CC1. The molecule has 2 rings (SSSR count). The molecule has 20 heavy (non-hydrogen) atoms. The molecular weight excluding hydrogens is 274 g/mol. The summed E-state index contributed by atoms with van der Waals surface area (Å²) in [4.78, 5) is 0. The molecule has 0 spiro atoms. The first-order valence-electron chi connectivity index (χ1n) is 7.11. The molecule has 0 unspecified atom stereocenters. The fourth-order valence-electron chi connectivity index (χ4n) is 2.77. The standard InChI is InChI=1S/C15H23NO3S/c1-13-7-9-15(12-17,10-8-13)16-20(18,19)11-14-5-3-2-4-6-14/h2-6,13,16-17H,7-12H2,1H3. The van der Waals surface area contributed by atoms with Gasteiger partial charge in [0.1, 0.15) is 0 Å². The summed E-state index contributed by atoms with van der Waals surface area (Å²) in [7, 11) is -3.43. The molecule has 0 bridgehead atoms. The van der Waals surface area contributed by atoms with E-state index in [0.29, 0.717) is 18.8 Å². The van der Waals surface area contributed by atoms with Crippen LogP contribution in [0.4, 0.5) is 0 Å². The second-order valence-electron chi connectivity index (χ2n) is 5.97. The molecule has 0 atom stereocenters. The van der Waals surface area contributed by atoms with Crippen LogP contribution in [0.5, 0.6) is 0 Å². The molecule has 1 aromatic rings. The molecule has 0 saturated heterocycles. The van der Waals surface area contributed by atoms with Gasteiger partial charge in [0, 0.05) is 0 Å². The lowest BCUT2D eigenvalue weighted by Gasteiger charge is -2.38. The van der Waals surface area contributed by atoms with Crippen LogP contribution in [0, 0.1) is 5.92 Å². The highest BCUT2D eigenvalue weighted by molar-refractivity contribution is 7.88. The average molecular weight is 297 g/mol. The first-order valence-corrected chi connectivity index (χ1v) is 8.76. The molecule has 0 heterocycles. The van der Waals surface area contributed by atoms with Gasteiger partial charge in [0.15, 0.2) is 0 Å². The smallest absolute Gasteiger partial charge is 0.216 e. The maximum atomic E-state index is 12.3. The number of aliphatic hydroxyl groups is 1. The van der Waals surface area contributed by atoms with Crippen LogP contribution in [-0.4, -0.2) is 25.7 Å². The van der Waals surface area contributed by atoms with E-state index in [9.17, 15) is 13.5 Å². The number of hydrogen-bond donors (Lipinski definition) is 2. The first-order chi connectivity index (χ1) is 9.45. The van der Waals surface area contributed by atoms with Gasteiger partial charge in [-0.2, -0.15) is 0 Å². The zero-order valence-corrected chi connectivity index (χ0v) is 12.7. The number of sulfonamides is 1. The highest BCUT2D eigenvalue weighted by Crippen LogP contribution is 2.32. The number of hydrogen-bond acceptors (Lipinski definition) is 3. The van der Waals surface area contributed by atoms with Gasteiger partial charge >= 0.3 is 0 Å². The van der Waals surface area contributed by atoms with Crippen molar-refractivity contribution >= 4 is 10.0 Å². The summed E-state index contributed by atoms with van der Waals surface area (Å²) in [5.41, 5.74) is 0.0948. The van der Waals surface area contributed by atoms with Crippen molar-refractivity contribution in [2.75, 3.05) is 6.61 Å². The molecule has 5 heteroatoms. The van der Waals surface area contributed by atoms with E-state index in [2.05, 4.69) is 11.6 Å². The van der Waals surface area contributed by atoms with Gasteiger partial charge in [-0.1, -0.05) is 37.3 Å². The lowest BCUT2D eigenvalue weighted by molar-refractivity contribution is 0.125. The van der Waals surface area contributed by atoms with Crippen molar-refractivity contribution in [1.82, 2.24) is 4.72 Å². The van der Waals surface area contributed by atoms with E-state index in [0.717, 1.165) is 18.4 Å². The molecule has 2 N–H and O–H groups in total. The van der Waals surface area contributed by atoms with Gasteiger partial charge in [-0.3, -0.25) is 0 Å². The maximum Gasteiger partial charge on any atom is 0.216 e. The van der Waals surface area contributed by atoms with Crippen molar-refractivity contribution < 1.29 is 13.5 Å². The van der Waals surface area contributed by atoms with Crippen LogP contribution in [0.1, 0.15) is 38.2 Å². The summed E-state index contributed by atoms with van der Waals surface area (Å²) in [5.74, 6) is 0.568. The Labute approximate surface area is 121 Å². The molecule has 1 saturated carbocycles. The lowest BCUT2D eigenvalue weighted by Crippen LogP contribution is -2.53.